The van der Waals surface area contributed by atoms with E-state index in [1.54, 1.807) is 39.8 Å². The zero-order valence-electron chi connectivity index (χ0n) is 12.7. The molecule has 0 bridgehead atoms. The third kappa shape index (κ3) is 2.73. The summed E-state index contributed by atoms with van der Waals surface area (Å²) in [5, 5.41) is 10.1. The fourth-order valence-electron chi connectivity index (χ4n) is 2.24. The number of carbonyl (C=O) groups is 2. The summed E-state index contributed by atoms with van der Waals surface area (Å²) < 4.78 is 7.29. The molecule has 0 aliphatic rings. The molecule has 0 atom stereocenters. The van der Waals surface area contributed by atoms with E-state index in [0.717, 1.165) is 17.2 Å². The lowest BCUT2D eigenvalue weighted by Gasteiger charge is -2.20. The maximum atomic E-state index is 12.4. The second-order valence-corrected chi connectivity index (χ2v) is 6.96. The molecular weight excluding hydrogens is 395 g/mol. The van der Waals surface area contributed by atoms with Crippen molar-refractivity contribution in [2.75, 3.05) is 0 Å². The second-order valence-electron chi connectivity index (χ2n) is 5.88. The Balaban J connectivity index is 2.80. The van der Waals surface area contributed by atoms with E-state index in [1.807, 2.05) is 22.6 Å². The SMILES string of the molecule is Cc1c(C=O)ccc2c1c(I)c(C#N)n2C(=O)OC(C)(C)C. The number of nitrogens with zero attached hydrogens (tertiary/aromatic N) is 2. The number of aromatic nitrogens is 1. The number of aryl methyl sites for hydroxylation is 1. The third-order valence-electron chi connectivity index (χ3n) is 3.19. The summed E-state index contributed by atoms with van der Waals surface area (Å²) in [6.07, 6.45) is 0.164. The number of hydrogen-bond acceptors (Lipinski definition) is 4. The molecular formula is C16H15IN2O3. The van der Waals surface area contributed by atoms with Crippen LogP contribution in [0.1, 0.15) is 42.4 Å². The second kappa shape index (κ2) is 5.72. The van der Waals surface area contributed by atoms with Crippen LogP contribution in [-0.4, -0.2) is 22.5 Å². The van der Waals surface area contributed by atoms with E-state index >= 15 is 0 Å². The lowest BCUT2D eigenvalue weighted by Crippen LogP contribution is -2.27. The van der Waals surface area contributed by atoms with Gasteiger partial charge in [0.25, 0.3) is 0 Å². The van der Waals surface area contributed by atoms with Crippen molar-refractivity contribution in [2.24, 2.45) is 0 Å². The summed E-state index contributed by atoms with van der Waals surface area (Å²) in [6.45, 7) is 7.10. The molecule has 114 valence electrons. The average molecular weight is 410 g/mol. The Morgan fingerprint density at radius 2 is 2.05 bits per heavy atom. The zero-order chi connectivity index (χ0) is 16.7. The van der Waals surface area contributed by atoms with Crippen LogP contribution in [0.4, 0.5) is 4.79 Å². The first-order chi connectivity index (χ1) is 10.2. The Bertz CT molecular complexity index is 823. The summed E-state index contributed by atoms with van der Waals surface area (Å²) in [5.74, 6) is 0. The summed E-state index contributed by atoms with van der Waals surface area (Å²) in [6, 6.07) is 5.36. The van der Waals surface area contributed by atoms with Gasteiger partial charge >= 0.3 is 6.09 Å². The molecule has 1 aromatic heterocycles. The fraction of sp³-hybridized carbons (Fsp3) is 0.312. The minimum atomic E-state index is -0.663. The van der Waals surface area contributed by atoms with Gasteiger partial charge < -0.3 is 4.74 Å². The molecule has 0 fully saturated rings. The van der Waals surface area contributed by atoms with Gasteiger partial charge in [0, 0.05) is 10.9 Å². The smallest absolute Gasteiger partial charge is 0.420 e. The number of carbonyl (C=O) groups excluding carboxylic acids is 2. The van der Waals surface area contributed by atoms with E-state index in [9.17, 15) is 14.9 Å². The topological polar surface area (TPSA) is 72.1 Å². The molecule has 5 nitrogen and oxygen atoms in total. The third-order valence-corrected chi connectivity index (χ3v) is 4.24. The predicted octanol–water partition coefficient (Wildman–Crippen LogP) is 4.02. The van der Waals surface area contributed by atoms with Gasteiger partial charge in [0.2, 0.25) is 0 Å². The van der Waals surface area contributed by atoms with Gasteiger partial charge in [-0.15, -0.1) is 0 Å². The molecule has 2 rings (SSSR count). The Kier molecular flexibility index (Phi) is 4.29. The molecule has 0 aliphatic carbocycles. The molecule has 0 aliphatic heterocycles. The Labute approximate surface area is 142 Å². The zero-order valence-corrected chi connectivity index (χ0v) is 14.9. The van der Waals surface area contributed by atoms with Gasteiger partial charge in [0.1, 0.15) is 23.7 Å². The van der Waals surface area contributed by atoms with Gasteiger partial charge in [-0.05, 0) is 68.0 Å². The van der Waals surface area contributed by atoms with E-state index in [4.69, 9.17) is 4.74 Å². The quantitative estimate of drug-likeness (QED) is 0.526. The molecule has 0 amide bonds. The van der Waals surface area contributed by atoms with Crippen molar-refractivity contribution >= 4 is 45.9 Å². The number of rotatable bonds is 1. The van der Waals surface area contributed by atoms with Crippen molar-refractivity contribution in [3.05, 3.63) is 32.5 Å². The molecule has 0 radical (unpaired) electrons. The molecule has 2 aromatic rings. The molecule has 6 heteroatoms. The van der Waals surface area contributed by atoms with Gasteiger partial charge in [-0.25, -0.2) is 9.36 Å². The van der Waals surface area contributed by atoms with Crippen LogP contribution in [0.5, 0.6) is 0 Å². The van der Waals surface area contributed by atoms with Crippen molar-refractivity contribution in [3.63, 3.8) is 0 Å². The summed E-state index contributed by atoms with van der Waals surface area (Å²) in [5.41, 5.74) is 1.41. The van der Waals surface area contributed by atoms with Crippen LogP contribution in [-0.2, 0) is 4.74 Å². The lowest BCUT2D eigenvalue weighted by atomic mass is 10.1. The maximum absolute atomic E-state index is 12.4. The van der Waals surface area contributed by atoms with E-state index in [1.165, 1.54) is 4.57 Å². The maximum Gasteiger partial charge on any atom is 0.420 e. The summed E-state index contributed by atoms with van der Waals surface area (Å²) >= 11 is 2.02. The monoisotopic (exact) mass is 410 g/mol. The van der Waals surface area contributed by atoms with Crippen molar-refractivity contribution in [3.8, 4) is 6.07 Å². The fourth-order valence-corrected chi connectivity index (χ4v) is 3.28. The van der Waals surface area contributed by atoms with Crippen molar-refractivity contribution < 1.29 is 14.3 Å². The van der Waals surface area contributed by atoms with Crippen LogP contribution >= 0.6 is 22.6 Å². The summed E-state index contributed by atoms with van der Waals surface area (Å²) in [4.78, 5) is 23.5. The van der Waals surface area contributed by atoms with Crippen LogP contribution in [0.3, 0.4) is 0 Å². The molecule has 0 N–H and O–H groups in total. The number of nitriles is 1. The molecule has 0 saturated heterocycles. The number of ether oxygens (including phenoxy) is 1. The normalized spacial score (nSPS) is 11.3. The molecule has 1 heterocycles. The number of aldehydes is 1. The molecule has 0 saturated carbocycles. The van der Waals surface area contributed by atoms with Gasteiger partial charge in [-0.1, -0.05) is 0 Å². The lowest BCUT2D eigenvalue weighted by molar-refractivity contribution is 0.0543. The standard InChI is InChI=1S/C16H15IN2O3/c1-9-10(8-20)5-6-11-13(9)14(17)12(7-18)19(11)15(21)22-16(2,3)4/h5-6,8H,1-4H3. The van der Waals surface area contributed by atoms with E-state index < -0.39 is 11.7 Å². The number of hydrogen-bond donors (Lipinski definition) is 0. The molecule has 0 spiro atoms. The highest BCUT2D eigenvalue weighted by Crippen LogP contribution is 2.32. The van der Waals surface area contributed by atoms with Gasteiger partial charge in [0.15, 0.2) is 0 Å². The van der Waals surface area contributed by atoms with Crippen molar-refractivity contribution in [1.82, 2.24) is 4.57 Å². The average Bonchev–Trinajstić information content (AvgIpc) is 2.70. The van der Waals surface area contributed by atoms with Crippen LogP contribution < -0.4 is 0 Å². The highest BCUT2D eigenvalue weighted by atomic mass is 127. The van der Waals surface area contributed by atoms with E-state index in [-0.39, 0.29) is 5.69 Å². The first-order valence-corrected chi connectivity index (χ1v) is 7.71. The molecule has 22 heavy (non-hydrogen) atoms. The summed E-state index contributed by atoms with van der Waals surface area (Å²) in [7, 11) is 0. The minimum Gasteiger partial charge on any atom is -0.443 e. The van der Waals surface area contributed by atoms with Gasteiger partial charge in [-0.2, -0.15) is 5.26 Å². The highest BCUT2D eigenvalue weighted by Gasteiger charge is 2.26. The molecule has 0 unspecified atom stereocenters. The van der Waals surface area contributed by atoms with E-state index in [0.29, 0.717) is 14.7 Å². The van der Waals surface area contributed by atoms with Crippen LogP contribution in [0.25, 0.3) is 10.9 Å². The number of benzene rings is 1. The Morgan fingerprint density at radius 3 is 2.55 bits per heavy atom. The van der Waals surface area contributed by atoms with Gasteiger partial charge in [-0.3, -0.25) is 4.79 Å². The first-order valence-electron chi connectivity index (χ1n) is 6.63. The Hall–Kier alpha value is -1.88. The van der Waals surface area contributed by atoms with Crippen LogP contribution in [0.15, 0.2) is 12.1 Å². The number of halogens is 1. The Morgan fingerprint density at radius 1 is 1.41 bits per heavy atom. The predicted molar refractivity (Wildman–Crippen MR) is 91.1 cm³/mol. The highest BCUT2D eigenvalue weighted by molar-refractivity contribution is 14.1. The van der Waals surface area contributed by atoms with Gasteiger partial charge in [0.05, 0.1) is 9.09 Å². The first kappa shape index (κ1) is 16.5. The van der Waals surface area contributed by atoms with Crippen LogP contribution in [0, 0.1) is 21.8 Å². The van der Waals surface area contributed by atoms with Crippen molar-refractivity contribution in [1.29, 1.82) is 5.26 Å². The number of fused-ring (bicyclic) bond motifs is 1. The van der Waals surface area contributed by atoms with Crippen molar-refractivity contribution in [2.45, 2.75) is 33.3 Å². The van der Waals surface area contributed by atoms with Crippen LogP contribution in [0.2, 0.25) is 0 Å². The van der Waals surface area contributed by atoms with E-state index in [2.05, 4.69) is 6.07 Å². The molecule has 1 aromatic carbocycles. The minimum absolute atomic E-state index is 0.219. The largest absolute Gasteiger partial charge is 0.443 e.